The number of rotatable bonds is 7. The van der Waals surface area contributed by atoms with Crippen LogP contribution in [-0.4, -0.2) is 16.9 Å². The predicted molar refractivity (Wildman–Crippen MR) is 80.1 cm³/mol. The third-order valence-electron chi connectivity index (χ3n) is 3.93. The van der Waals surface area contributed by atoms with Crippen LogP contribution in [0.15, 0.2) is 16.9 Å². The highest BCUT2D eigenvalue weighted by Crippen LogP contribution is 2.38. The Bertz CT molecular complexity index is 517. The van der Waals surface area contributed by atoms with Gasteiger partial charge < -0.3 is 10.3 Å². The zero-order chi connectivity index (χ0) is 14.5. The van der Waals surface area contributed by atoms with E-state index in [4.69, 9.17) is 0 Å². The minimum absolute atomic E-state index is 0.157. The van der Waals surface area contributed by atoms with E-state index in [2.05, 4.69) is 24.1 Å². The molecule has 1 aliphatic rings. The van der Waals surface area contributed by atoms with E-state index in [-0.39, 0.29) is 23.1 Å². The normalized spacial score (nSPS) is 15.9. The van der Waals surface area contributed by atoms with Crippen LogP contribution in [0, 0.1) is 0 Å². The summed E-state index contributed by atoms with van der Waals surface area (Å²) in [5.74, 6) is 0.240. The van der Waals surface area contributed by atoms with Gasteiger partial charge in [-0.25, -0.2) is 0 Å². The highest BCUT2D eigenvalue weighted by Gasteiger charge is 2.25. The van der Waals surface area contributed by atoms with Crippen molar-refractivity contribution in [1.29, 1.82) is 0 Å². The molecule has 0 radical (unpaired) electrons. The van der Waals surface area contributed by atoms with Gasteiger partial charge in [-0.1, -0.05) is 26.7 Å². The van der Waals surface area contributed by atoms with Gasteiger partial charge in [0, 0.05) is 11.7 Å². The standard InChI is InChI=1S/C16H24N2O2/c1-3-5-6-12(4-2)17-15(19)13-9-10-14(11-7-8-11)18-16(13)20/h9-12H,3-8H2,1-2H3,(H,17,19)(H,18,20)/t12-/m1/s1. The number of unbranched alkanes of at least 4 members (excludes halogenated alkanes) is 1. The average Bonchev–Trinajstić information content (AvgIpc) is 3.27. The zero-order valence-electron chi connectivity index (χ0n) is 12.4. The third kappa shape index (κ3) is 3.71. The van der Waals surface area contributed by atoms with E-state index in [9.17, 15) is 9.59 Å². The van der Waals surface area contributed by atoms with Gasteiger partial charge in [0.2, 0.25) is 0 Å². The molecule has 1 aromatic rings. The van der Waals surface area contributed by atoms with Crippen molar-refractivity contribution >= 4 is 5.91 Å². The summed E-state index contributed by atoms with van der Waals surface area (Å²) in [6, 6.07) is 3.69. The van der Waals surface area contributed by atoms with Gasteiger partial charge in [-0.2, -0.15) is 0 Å². The number of pyridine rings is 1. The number of amides is 1. The molecular weight excluding hydrogens is 252 g/mol. The van der Waals surface area contributed by atoms with E-state index in [0.717, 1.165) is 44.2 Å². The summed E-state index contributed by atoms with van der Waals surface area (Å²) in [6.07, 6.45) is 6.34. The van der Waals surface area contributed by atoms with Crippen molar-refractivity contribution in [3.63, 3.8) is 0 Å². The van der Waals surface area contributed by atoms with Crippen molar-refractivity contribution < 1.29 is 4.79 Å². The van der Waals surface area contributed by atoms with Gasteiger partial charge in [-0.3, -0.25) is 9.59 Å². The molecule has 0 unspecified atom stereocenters. The van der Waals surface area contributed by atoms with Crippen molar-refractivity contribution in [2.75, 3.05) is 0 Å². The van der Waals surface area contributed by atoms with Gasteiger partial charge in [-0.15, -0.1) is 0 Å². The molecule has 1 amide bonds. The molecule has 0 bridgehead atoms. The fourth-order valence-electron chi connectivity index (χ4n) is 2.39. The van der Waals surface area contributed by atoms with Crippen molar-refractivity contribution in [3.8, 4) is 0 Å². The second kappa shape index (κ2) is 6.73. The third-order valence-corrected chi connectivity index (χ3v) is 3.93. The van der Waals surface area contributed by atoms with Crippen LogP contribution >= 0.6 is 0 Å². The molecule has 0 aliphatic heterocycles. The SMILES string of the molecule is CCCC[C@@H](CC)NC(=O)c1ccc(C2CC2)[nH]c1=O. The Hall–Kier alpha value is -1.58. The smallest absolute Gasteiger partial charge is 0.261 e. The lowest BCUT2D eigenvalue weighted by Crippen LogP contribution is -2.37. The number of hydrogen-bond donors (Lipinski definition) is 2. The highest BCUT2D eigenvalue weighted by atomic mass is 16.2. The maximum Gasteiger partial charge on any atom is 0.261 e. The molecule has 0 aromatic carbocycles. The van der Waals surface area contributed by atoms with Crippen LogP contribution in [-0.2, 0) is 0 Å². The fourth-order valence-corrected chi connectivity index (χ4v) is 2.39. The maximum absolute atomic E-state index is 12.2. The van der Waals surface area contributed by atoms with Crippen molar-refractivity contribution in [2.45, 2.75) is 64.3 Å². The average molecular weight is 276 g/mol. The minimum Gasteiger partial charge on any atom is -0.349 e. The number of aromatic nitrogens is 1. The van der Waals surface area contributed by atoms with Gasteiger partial charge in [-0.05, 0) is 43.7 Å². The van der Waals surface area contributed by atoms with E-state index in [1.807, 2.05) is 6.07 Å². The highest BCUT2D eigenvalue weighted by molar-refractivity contribution is 5.94. The molecule has 20 heavy (non-hydrogen) atoms. The Morgan fingerprint density at radius 2 is 2.15 bits per heavy atom. The van der Waals surface area contributed by atoms with Crippen LogP contribution in [0.3, 0.4) is 0 Å². The monoisotopic (exact) mass is 276 g/mol. The topological polar surface area (TPSA) is 62.0 Å². The Morgan fingerprint density at radius 3 is 2.70 bits per heavy atom. The lowest BCUT2D eigenvalue weighted by molar-refractivity contribution is 0.0931. The number of carbonyl (C=O) groups excluding carboxylic acids is 1. The molecule has 4 heteroatoms. The molecule has 1 heterocycles. The molecule has 110 valence electrons. The Morgan fingerprint density at radius 1 is 1.40 bits per heavy atom. The summed E-state index contributed by atoms with van der Waals surface area (Å²) < 4.78 is 0. The minimum atomic E-state index is -0.266. The first-order chi connectivity index (χ1) is 9.65. The van der Waals surface area contributed by atoms with Crippen LogP contribution in [0.5, 0.6) is 0 Å². The van der Waals surface area contributed by atoms with E-state index in [1.165, 1.54) is 0 Å². The van der Waals surface area contributed by atoms with Gasteiger partial charge in [0.25, 0.3) is 11.5 Å². The molecule has 0 spiro atoms. The molecular formula is C16H24N2O2. The molecule has 1 fully saturated rings. The number of carbonyl (C=O) groups is 1. The molecule has 2 rings (SSSR count). The molecule has 4 nitrogen and oxygen atoms in total. The fraction of sp³-hybridized carbons (Fsp3) is 0.625. The second-order valence-electron chi connectivity index (χ2n) is 5.65. The summed E-state index contributed by atoms with van der Waals surface area (Å²) in [5.41, 5.74) is 0.922. The maximum atomic E-state index is 12.2. The zero-order valence-corrected chi connectivity index (χ0v) is 12.4. The van der Waals surface area contributed by atoms with E-state index in [1.54, 1.807) is 6.07 Å². The first-order valence-corrected chi connectivity index (χ1v) is 7.69. The summed E-state index contributed by atoms with van der Waals surface area (Å²) in [5, 5.41) is 2.96. The van der Waals surface area contributed by atoms with Gasteiger partial charge >= 0.3 is 0 Å². The molecule has 1 saturated carbocycles. The molecule has 2 N–H and O–H groups in total. The molecule has 1 aromatic heterocycles. The van der Waals surface area contributed by atoms with Crippen LogP contribution in [0.25, 0.3) is 0 Å². The van der Waals surface area contributed by atoms with Gasteiger partial charge in [0.15, 0.2) is 0 Å². The van der Waals surface area contributed by atoms with Gasteiger partial charge in [0.05, 0.1) is 0 Å². The van der Waals surface area contributed by atoms with Crippen molar-refractivity contribution in [2.24, 2.45) is 0 Å². The summed E-state index contributed by atoms with van der Waals surface area (Å²) >= 11 is 0. The number of nitrogens with one attached hydrogen (secondary N) is 2. The summed E-state index contributed by atoms with van der Waals surface area (Å²) in [7, 11) is 0. The summed E-state index contributed by atoms with van der Waals surface area (Å²) in [4.78, 5) is 27.0. The number of hydrogen-bond acceptors (Lipinski definition) is 2. The Kier molecular flexibility index (Phi) is 4.99. The molecule has 1 atom stereocenters. The van der Waals surface area contributed by atoms with Crippen molar-refractivity contribution in [3.05, 3.63) is 33.7 Å². The van der Waals surface area contributed by atoms with E-state index >= 15 is 0 Å². The first kappa shape index (κ1) is 14.8. The van der Waals surface area contributed by atoms with Gasteiger partial charge in [0.1, 0.15) is 5.56 Å². The van der Waals surface area contributed by atoms with E-state index < -0.39 is 0 Å². The molecule has 0 saturated heterocycles. The van der Waals surface area contributed by atoms with E-state index in [0.29, 0.717) is 5.92 Å². The number of H-pyrrole nitrogens is 1. The lowest BCUT2D eigenvalue weighted by atomic mass is 10.1. The van der Waals surface area contributed by atoms with Crippen LogP contribution in [0.2, 0.25) is 0 Å². The van der Waals surface area contributed by atoms with Crippen molar-refractivity contribution in [1.82, 2.24) is 10.3 Å². The summed E-state index contributed by atoms with van der Waals surface area (Å²) in [6.45, 7) is 4.19. The number of aromatic amines is 1. The quantitative estimate of drug-likeness (QED) is 0.804. The lowest BCUT2D eigenvalue weighted by Gasteiger charge is -2.16. The Balaban J connectivity index is 2.02. The first-order valence-electron chi connectivity index (χ1n) is 7.69. The van der Waals surface area contributed by atoms with Crippen LogP contribution in [0.4, 0.5) is 0 Å². The predicted octanol–water partition coefficient (Wildman–Crippen LogP) is 2.95. The second-order valence-corrected chi connectivity index (χ2v) is 5.65. The largest absolute Gasteiger partial charge is 0.349 e. The Labute approximate surface area is 120 Å². The molecule has 1 aliphatic carbocycles. The van der Waals surface area contributed by atoms with Crippen LogP contribution < -0.4 is 10.9 Å². The van der Waals surface area contributed by atoms with Crippen LogP contribution in [0.1, 0.15) is 74.3 Å².